The number of aliphatic carboxylic acids is 1. The van der Waals surface area contributed by atoms with Gasteiger partial charge in [-0.1, -0.05) is 43.2 Å². The second-order valence-electron chi connectivity index (χ2n) is 6.52. The molecular weight excluding hydrogens is 276 g/mol. The lowest BCUT2D eigenvalue weighted by molar-refractivity contribution is -0.143. The van der Waals surface area contributed by atoms with Crippen molar-refractivity contribution in [1.82, 2.24) is 9.80 Å². The number of hydrogen-bond donors (Lipinski definition) is 1. The van der Waals surface area contributed by atoms with Crippen molar-refractivity contribution in [2.24, 2.45) is 0 Å². The average molecular weight is 302 g/mol. The zero-order valence-corrected chi connectivity index (χ0v) is 13.2. The van der Waals surface area contributed by atoms with Crippen LogP contribution in [0.3, 0.4) is 0 Å². The normalized spacial score (nSPS) is 23.3. The number of hydrogen-bond acceptors (Lipinski definition) is 3. The van der Waals surface area contributed by atoms with Crippen molar-refractivity contribution < 1.29 is 9.90 Å². The zero-order chi connectivity index (χ0) is 15.4. The number of nitrogens with zero attached hydrogens (tertiary/aromatic N) is 2. The predicted molar refractivity (Wildman–Crippen MR) is 86.8 cm³/mol. The first kappa shape index (κ1) is 15.5. The monoisotopic (exact) mass is 302 g/mol. The first-order valence-corrected chi connectivity index (χ1v) is 8.51. The Morgan fingerprint density at radius 3 is 2.41 bits per heavy atom. The Morgan fingerprint density at radius 1 is 1.00 bits per heavy atom. The summed E-state index contributed by atoms with van der Waals surface area (Å²) in [4.78, 5) is 16.5. The largest absolute Gasteiger partial charge is 0.480 e. The summed E-state index contributed by atoms with van der Waals surface area (Å²) in [5.41, 5.74) is 0.893. The topological polar surface area (TPSA) is 43.8 Å². The molecule has 2 aliphatic rings. The van der Waals surface area contributed by atoms with Crippen molar-refractivity contribution in [2.45, 2.75) is 44.2 Å². The summed E-state index contributed by atoms with van der Waals surface area (Å²) in [5.74, 6) is -0.736. The maximum Gasteiger partial charge on any atom is 0.325 e. The molecule has 3 rings (SSSR count). The Morgan fingerprint density at radius 2 is 1.73 bits per heavy atom. The van der Waals surface area contributed by atoms with Crippen LogP contribution in [0.4, 0.5) is 0 Å². The van der Waals surface area contributed by atoms with Gasteiger partial charge in [0.25, 0.3) is 0 Å². The van der Waals surface area contributed by atoms with Gasteiger partial charge < -0.3 is 5.11 Å². The summed E-state index contributed by atoms with van der Waals surface area (Å²) in [6.07, 6.45) is 6.41. The van der Waals surface area contributed by atoms with Crippen molar-refractivity contribution in [2.75, 3.05) is 26.2 Å². The van der Waals surface area contributed by atoms with Crippen LogP contribution in [-0.4, -0.2) is 53.1 Å². The van der Waals surface area contributed by atoms with Crippen LogP contribution in [0.5, 0.6) is 0 Å². The van der Waals surface area contributed by atoms with Gasteiger partial charge in [-0.2, -0.15) is 0 Å². The average Bonchev–Trinajstić information content (AvgIpc) is 2.95. The molecule has 1 atom stereocenters. The maximum atomic E-state index is 11.8. The van der Waals surface area contributed by atoms with Gasteiger partial charge in [-0.3, -0.25) is 14.6 Å². The molecule has 0 bridgehead atoms. The molecule has 1 aromatic rings. The Hall–Kier alpha value is -1.39. The third-order valence-corrected chi connectivity index (χ3v) is 5.12. The van der Waals surface area contributed by atoms with Gasteiger partial charge in [0.1, 0.15) is 6.04 Å². The lowest BCUT2D eigenvalue weighted by Gasteiger charge is -2.29. The quantitative estimate of drug-likeness (QED) is 0.929. The van der Waals surface area contributed by atoms with Crippen LogP contribution >= 0.6 is 0 Å². The highest BCUT2D eigenvalue weighted by Gasteiger charge is 2.31. The first-order chi connectivity index (χ1) is 10.8. The minimum atomic E-state index is -0.736. The summed E-state index contributed by atoms with van der Waals surface area (Å²) in [6, 6.07) is 9.87. The van der Waals surface area contributed by atoms with Gasteiger partial charge in [-0.05, 0) is 31.4 Å². The van der Waals surface area contributed by atoms with Crippen molar-refractivity contribution >= 4 is 5.97 Å². The van der Waals surface area contributed by atoms with Crippen LogP contribution in [0, 0.1) is 0 Å². The fourth-order valence-corrected chi connectivity index (χ4v) is 4.00. The van der Waals surface area contributed by atoms with Crippen LogP contribution in [0.25, 0.3) is 0 Å². The number of benzene rings is 1. The molecule has 1 aliphatic heterocycles. The van der Waals surface area contributed by atoms with E-state index < -0.39 is 12.0 Å². The molecule has 1 N–H and O–H groups in total. The molecule has 4 heteroatoms. The van der Waals surface area contributed by atoms with Gasteiger partial charge >= 0.3 is 5.97 Å². The SMILES string of the molecule is O=C(O)[C@H](c1ccccc1)N1CCCN(C2CCCC2)CC1. The summed E-state index contributed by atoms with van der Waals surface area (Å²) in [7, 11) is 0. The lowest BCUT2D eigenvalue weighted by Crippen LogP contribution is -2.39. The van der Waals surface area contributed by atoms with E-state index in [0.29, 0.717) is 0 Å². The molecule has 1 saturated carbocycles. The molecule has 22 heavy (non-hydrogen) atoms. The molecule has 0 amide bonds. The van der Waals surface area contributed by atoms with E-state index in [-0.39, 0.29) is 0 Å². The molecule has 2 fully saturated rings. The van der Waals surface area contributed by atoms with Crippen LogP contribution in [0.15, 0.2) is 30.3 Å². The van der Waals surface area contributed by atoms with Crippen LogP contribution < -0.4 is 0 Å². The molecule has 0 unspecified atom stereocenters. The summed E-state index contributed by atoms with van der Waals surface area (Å²) in [5, 5.41) is 9.69. The molecule has 120 valence electrons. The van der Waals surface area contributed by atoms with Gasteiger partial charge in [0.05, 0.1) is 0 Å². The Labute approximate surface area is 132 Å². The molecule has 0 spiro atoms. The van der Waals surface area contributed by atoms with E-state index in [0.717, 1.165) is 44.2 Å². The van der Waals surface area contributed by atoms with E-state index in [1.165, 1.54) is 25.7 Å². The van der Waals surface area contributed by atoms with Gasteiger partial charge in [0, 0.05) is 25.7 Å². The third kappa shape index (κ3) is 3.50. The van der Waals surface area contributed by atoms with Gasteiger partial charge in [-0.25, -0.2) is 0 Å². The standard InChI is InChI=1S/C18H26N2O2/c21-18(22)17(15-7-2-1-3-8-15)20-12-6-11-19(13-14-20)16-9-4-5-10-16/h1-3,7-8,16-17H,4-6,9-14H2,(H,21,22)/t17-/m0/s1. The minimum absolute atomic E-state index is 0.510. The molecule has 0 aromatic heterocycles. The number of carboxylic acid groups (broad SMARTS) is 1. The van der Waals surface area contributed by atoms with E-state index in [1.807, 2.05) is 30.3 Å². The highest BCUT2D eigenvalue weighted by Crippen LogP contribution is 2.27. The van der Waals surface area contributed by atoms with E-state index >= 15 is 0 Å². The first-order valence-electron chi connectivity index (χ1n) is 8.51. The lowest BCUT2D eigenvalue weighted by atomic mass is 10.1. The van der Waals surface area contributed by atoms with Crippen molar-refractivity contribution in [1.29, 1.82) is 0 Å². The smallest absolute Gasteiger partial charge is 0.325 e. The molecule has 1 aliphatic carbocycles. The molecule has 1 saturated heterocycles. The molecule has 0 radical (unpaired) electrons. The van der Waals surface area contributed by atoms with E-state index in [2.05, 4.69) is 9.80 Å². The minimum Gasteiger partial charge on any atom is -0.480 e. The zero-order valence-electron chi connectivity index (χ0n) is 13.2. The summed E-state index contributed by atoms with van der Waals surface area (Å²) in [6.45, 7) is 3.83. The third-order valence-electron chi connectivity index (χ3n) is 5.12. The van der Waals surface area contributed by atoms with Gasteiger partial charge in [-0.15, -0.1) is 0 Å². The molecular formula is C18H26N2O2. The number of rotatable bonds is 4. The summed E-state index contributed by atoms with van der Waals surface area (Å²) < 4.78 is 0. The fourth-order valence-electron chi connectivity index (χ4n) is 4.00. The van der Waals surface area contributed by atoms with Crippen molar-refractivity contribution in [3.05, 3.63) is 35.9 Å². The fraction of sp³-hybridized carbons (Fsp3) is 0.611. The Kier molecular flexibility index (Phi) is 5.11. The second kappa shape index (κ2) is 7.25. The molecule has 1 heterocycles. The van der Waals surface area contributed by atoms with Crippen LogP contribution in [-0.2, 0) is 4.79 Å². The van der Waals surface area contributed by atoms with Crippen LogP contribution in [0.2, 0.25) is 0 Å². The van der Waals surface area contributed by atoms with Crippen LogP contribution in [0.1, 0.15) is 43.7 Å². The van der Waals surface area contributed by atoms with Crippen molar-refractivity contribution in [3.8, 4) is 0 Å². The molecule has 1 aromatic carbocycles. The Bertz CT molecular complexity index is 485. The Balaban J connectivity index is 1.69. The predicted octanol–water partition coefficient (Wildman–Crippen LogP) is 2.76. The van der Waals surface area contributed by atoms with Gasteiger partial charge in [0.2, 0.25) is 0 Å². The maximum absolute atomic E-state index is 11.8. The second-order valence-corrected chi connectivity index (χ2v) is 6.52. The highest BCUT2D eigenvalue weighted by atomic mass is 16.4. The van der Waals surface area contributed by atoms with Gasteiger partial charge in [0.15, 0.2) is 0 Å². The highest BCUT2D eigenvalue weighted by molar-refractivity contribution is 5.75. The summed E-state index contributed by atoms with van der Waals surface area (Å²) >= 11 is 0. The van der Waals surface area contributed by atoms with E-state index in [1.54, 1.807) is 0 Å². The van der Waals surface area contributed by atoms with Crippen molar-refractivity contribution in [3.63, 3.8) is 0 Å². The number of carboxylic acids is 1. The molecule has 4 nitrogen and oxygen atoms in total. The van der Waals surface area contributed by atoms with E-state index in [9.17, 15) is 9.90 Å². The number of carbonyl (C=O) groups is 1. The van der Waals surface area contributed by atoms with E-state index in [4.69, 9.17) is 0 Å².